The second kappa shape index (κ2) is 9.39. The molecule has 0 saturated carbocycles. The Kier molecular flexibility index (Phi) is 6.56. The van der Waals surface area contributed by atoms with Gasteiger partial charge in [0.2, 0.25) is 15.9 Å². The lowest BCUT2D eigenvalue weighted by Gasteiger charge is -2.36. The number of carbonyl (C=O) groups excluding carboxylic acids is 1. The second-order valence-corrected chi connectivity index (χ2v) is 10.2. The zero-order chi connectivity index (χ0) is 23.6. The molecule has 1 unspecified atom stereocenters. The van der Waals surface area contributed by atoms with E-state index in [-0.39, 0.29) is 36.2 Å². The first-order chi connectivity index (χ1) is 15.8. The summed E-state index contributed by atoms with van der Waals surface area (Å²) in [7, 11) is -4.02. The maximum atomic E-state index is 13.4. The van der Waals surface area contributed by atoms with Gasteiger partial charge in [0, 0.05) is 42.9 Å². The smallest absolute Gasteiger partial charge is 0.241 e. The zero-order valence-electron chi connectivity index (χ0n) is 18.3. The summed E-state index contributed by atoms with van der Waals surface area (Å²) in [6, 6.07) is 11.1. The van der Waals surface area contributed by atoms with E-state index in [1.165, 1.54) is 11.0 Å². The van der Waals surface area contributed by atoms with Crippen LogP contribution in [0.2, 0.25) is 0 Å². The number of aromatic nitrogens is 2. The monoisotopic (exact) mass is 469 g/mol. The number of nitrogens with one attached hydrogen (secondary N) is 2. The average molecular weight is 470 g/mol. The van der Waals surface area contributed by atoms with E-state index in [0.29, 0.717) is 29.6 Å². The van der Waals surface area contributed by atoms with Gasteiger partial charge in [-0.15, -0.1) is 0 Å². The molecule has 174 valence electrons. The van der Waals surface area contributed by atoms with Gasteiger partial charge in [-0.25, -0.2) is 8.42 Å². The van der Waals surface area contributed by atoms with Crippen LogP contribution in [0.25, 0.3) is 10.9 Å². The van der Waals surface area contributed by atoms with Crippen LogP contribution in [-0.2, 0) is 21.4 Å². The summed E-state index contributed by atoms with van der Waals surface area (Å²) in [5, 5.41) is 20.1. The quantitative estimate of drug-likeness (QED) is 0.486. The number of rotatable bonds is 7. The Bertz CT molecular complexity index is 1290. The van der Waals surface area contributed by atoms with Crippen molar-refractivity contribution in [1.82, 2.24) is 19.2 Å². The maximum absolute atomic E-state index is 13.4. The van der Waals surface area contributed by atoms with Gasteiger partial charge < -0.3 is 19.6 Å². The van der Waals surface area contributed by atoms with Crippen molar-refractivity contribution in [2.75, 3.05) is 13.1 Å². The van der Waals surface area contributed by atoms with E-state index in [2.05, 4.69) is 15.8 Å². The van der Waals surface area contributed by atoms with E-state index >= 15 is 0 Å². The number of H-pyrrole nitrogens is 1. The number of aliphatic hydroxyl groups excluding tert-OH is 1. The van der Waals surface area contributed by atoms with Crippen molar-refractivity contribution in [1.29, 1.82) is 5.26 Å². The highest BCUT2D eigenvalue weighted by Gasteiger charge is 2.34. The molecule has 0 radical (unpaired) electrons. The number of hydrogen-bond donors (Lipinski definition) is 3. The molecule has 1 fully saturated rings. The molecule has 33 heavy (non-hydrogen) atoms. The molecular formula is C23H27N5O4S. The number of piperidine rings is 1. The first kappa shape index (κ1) is 23.0. The number of carbonyl (C=O) groups is 1. The van der Waals surface area contributed by atoms with Gasteiger partial charge in [0.15, 0.2) is 0 Å². The molecule has 0 spiro atoms. The Balaban J connectivity index is 1.61. The Morgan fingerprint density at radius 3 is 2.91 bits per heavy atom. The third kappa shape index (κ3) is 4.80. The summed E-state index contributed by atoms with van der Waals surface area (Å²) in [5.41, 5.74) is 1.11. The number of benzene rings is 1. The number of likely N-dealkylation sites (tertiary alicyclic amines) is 1. The van der Waals surface area contributed by atoms with Crippen molar-refractivity contribution < 1.29 is 18.3 Å². The number of nitrogens with zero attached hydrogens (tertiary/aromatic N) is 3. The van der Waals surface area contributed by atoms with Gasteiger partial charge in [-0.2, -0.15) is 9.98 Å². The van der Waals surface area contributed by atoms with Crippen LogP contribution in [0, 0.1) is 17.2 Å². The summed E-state index contributed by atoms with van der Waals surface area (Å²) in [6.45, 7) is 2.84. The molecule has 3 aromatic rings. The molecule has 10 heteroatoms. The summed E-state index contributed by atoms with van der Waals surface area (Å²) in [4.78, 5) is 18.0. The number of aromatic amines is 1. The number of amides is 1. The molecule has 2 aromatic heterocycles. The molecule has 3 atom stereocenters. The fourth-order valence-electron chi connectivity index (χ4n) is 4.22. The molecule has 3 heterocycles. The standard InChI is InChI=1S/C23H27N5O4S/c1-16-8-12-28(15-21(16)29)23(30)20(9-13-27-11-3-4-17(27)14-24)26-33(31,32)22-6-2-5-19-18(22)7-10-25-19/h2-7,10-11,16,20-21,25-26,29H,8-9,12-13,15H2,1H3/t16-,20?,21-/m0/s1. The van der Waals surface area contributed by atoms with Crippen molar-refractivity contribution >= 4 is 26.8 Å². The fourth-order valence-corrected chi connectivity index (χ4v) is 5.67. The van der Waals surface area contributed by atoms with Crippen LogP contribution in [0.3, 0.4) is 0 Å². The van der Waals surface area contributed by atoms with Crippen LogP contribution < -0.4 is 4.72 Å². The number of aliphatic hydroxyl groups is 1. The molecule has 0 bridgehead atoms. The van der Waals surface area contributed by atoms with Gasteiger partial charge in [0.25, 0.3) is 0 Å². The number of β-amino-alcohol motifs (C(OH)–C–C–N with tert-alkyl or cyclic N) is 1. The van der Waals surface area contributed by atoms with E-state index in [1.807, 2.05) is 6.92 Å². The third-order valence-corrected chi connectivity index (χ3v) is 7.80. The molecular weight excluding hydrogens is 442 g/mol. The first-order valence-electron chi connectivity index (χ1n) is 10.9. The summed E-state index contributed by atoms with van der Waals surface area (Å²) in [6.07, 6.45) is 3.54. The predicted octanol–water partition coefficient (Wildman–Crippen LogP) is 1.81. The van der Waals surface area contributed by atoms with E-state index in [4.69, 9.17) is 0 Å². The van der Waals surface area contributed by atoms with Gasteiger partial charge in [-0.05, 0) is 49.1 Å². The molecule has 9 nitrogen and oxygen atoms in total. The summed E-state index contributed by atoms with van der Waals surface area (Å²) >= 11 is 0. The van der Waals surface area contributed by atoms with E-state index in [0.717, 1.165) is 0 Å². The van der Waals surface area contributed by atoms with Gasteiger partial charge >= 0.3 is 0 Å². The molecule has 1 aromatic carbocycles. The van der Waals surface area contributed by atoms with Crippen molar-refractivity contribution in [3.63, 3.8) is 0 Å². The minimum atomic E-state index is -4.02. The normalized spacial score (nSPS) is 20.0. The lowest BCUT2D eigenvalue weighted by atomic mass is 9.95. The molecule has 0 aliphatic carbocycles. The summed E-state index contributed by atoms with van der Waals surface area (Å²) < 4.78 is 31.0. The van der Waals surface area contributed by atoms with Crippen molar-refractivity contribution in [3.8, 4) is 6.07 Å². The Labute approximate surface area is 192 Å². The number of fused-ring (bicyclic) bond motifs is 1. The first-order valence-corrected chi connectivity index (χ1v) is 12.4. The largest absolute Gasteiger partial charge is 0.391 e. The highest BCUT2D eigenvalue weighted by Crippen LogP contribution is 2.23. The lowest BCUT2D eigenvalue weighted by molar-refractivity contribution is -0.137. The van der Waals surface area contributed by atoms with Crippen LogP contribution in [0.15, 0.2) is 53.7 Å². The Morgan fingerprint density at radius 1 is 1.33 bits per heavy atom. The highest BCUT2D eigenvalue weighted by molar-refractivity contribution is 7.89. The molecule has 1 saturated heterocycles. The molecule has 1 aliphatic heterocycles. The van der Waals surface area contributed by atoms with Crippen molar-refractivity contribution in [2.24, 2.45) is 5.92 Å². The maximum Gasteiger partial charge on any atom is 0.241 e. The van der Waals surface area contributed by atoms with Crippen LogP contribution >= 0.6 is 0 Å². The number of sulfonamides is 1. The second-order valence-electron chi connectivity index (χ2n) is 8.47. The summed E-state index contributed by atoms with van der Waals surface area (Å²) in [5.74, 6) is -0.301. The predicted molar refractivity (Wildman–Crippen MR) is 123 cm³/mol. The van der Waals surface area contributed by atoms with Gasteiger partial charge in [-0.1, -0.05) is 13.0 Å². The molecule has 3 N–H and O–H groups in total. The lowest BCUT2D eigenvalue weighted by Crippen LogP contribution is -2.53. The average Bonchev–Trinajstić information content (AvgIpc) is 3.46. The van der Waals surface area contributed by atoms with Gasteiger partial charge in [-0.3, -0.25) is 4.79 Å². The molecule has 4 rings (SSSR count). The van der Waals surface area contributed by atoms with E-state index in [9.17, 15) is 23.6 Å². The minimum absolute atomic E-state index is 0.0773. The molecule has 1 amide bonds. The molecule has 1 aliphatic rings. The van der Waals surface area contributed by atoms with Crippen LogP contribution in [0.4, 0.5) is 0 Å². The fraction of sp³-hybridized carbons (Fsp3) is 0.391. The van der Waals surface area contributed by atoms with Gasteiger partial charge in [0.1, 0.15) is 17.8 Å². The highest BCUT2D eigenvalue weighted by atomic mass is 32.2. The number of aryl methyl sites for hydroxylation is 1. The van der Waals surface area contributed by atoms with E-state index in [1.54, 1.807) is 47.3 Å². The van der Waals surface area contributed by atoms with Crippen LogP contribution in [0.5, 0.6) is 0 Å². The third-order valence-electron chi connectivity index (χ3n) is 6.27. The van der Waals surface area contributed by atoms with Crippen molar-refractivity contribution in [3.05, 3.63) is 54.5 Å². The Hall–Kier alpha value is -3.13. The minimum Gasteiger partial charge on any atom is -0.391 e. The SMILES string of the molecule is C[C@H]1CCN(C(=O)C(CCn2cccc2C#N)NS(=O)(=O)c2cccc3[nH]ccc23)C[C@@H]1O. The zero-order valence-corrected chi connectivity index (χ0v) is 19.1. The topological polar surface area (TPSA) is 131 Å². The van der Waals surface area contributed by atoms with Crippen LogP contribution in [-0.4, -0.2) is 59.1 Å². The van der Waals surface area contributed by atoms with Crippen LogP contribution in [0.1, 0.15) is 25.5 Å². The number of nitriles is 1. The van der Waals surface area contributed by atoms with Crippen molar-refractivity contribution in [2.45, 2.75) is 43.4 Å². The number of hydrogen-bond acceptors (Lipinski definition) is 5. The van der Waals surface area contributed by atoms with Gasteiger partial charge in [0.05, 0.1) is 11.0 Å². The van der Waals surface area contributed by atoms with E-state index < -0.39 is 22.2 Å². The Morgan fingerprint density at radius 2 is 2.15 bits per heavy atom.